The maximum Gasteiger partial charge on any atom is 0.181 e. The second-order valence-corrected chi connectivity index (χ2v) is 22.6. The van der Waals surface area contributed by atoms with E-state index in [1.807, 2.05) is 132 Å². The fraction of sp³-hybridized carbons (Fsp3) is 0.333. The molecule has 11 rings (SSSR count). The summed E-state index contributed by atoms with van der Waals surface area (Å²) in [5.74, 6) is 2.37. The van der Waals surface area contributed by atoms with E-state index in [2.05, 4.69) is 149 Å². The van der Waals surface area contributed by atoms with Gasteiger partial charge in [0.25, 0.3) is 0 Å². The molecule has 26 nitrogen and oxygen atoms in total. The van der Waals surface area contributed by atoms with E-state index in [0.717, 1.165) is 130 Å². The van der Waals surface area contributed by atoms with Crippen molar-refractivity contribution >= 4 is 85.0 Å². The number of aryl methyl sites for hydroxylation is 2. The van der Waals surface area contributed by atoms with Crippen molar-refractivity contribution in [3.63, 3.8) is 0 Å². The van der Waals surface area contributed by atoms with Gasteiger partial charge in [0.2, 0.25) is 0 Å². The molecule has 1 aliphatic rings. The average molecular weight is 1270 g/mol. The molecule has 0 saturated heterocycles. The van der Waals surface area contributed by atoms with Crippen LogP contribution >= 0.6 is 23.1 Å². The van der Waals surface area contributed by atoms with Gasteiger partial charge in [0.05, 0.1) is 66.3 Å². The zero-order chi connectivity index (χ0) is 64.8. The molecule has 0 saturated carbocycles. The Hall–Kier alpha value is -9.92. The van der Waals surface area contributed by atoms with E-state index in [4.69, 9.17) is 5.73 Å². The Morgan fingerprint density at radius 1 is 0.934 bits per heavy atom. The molecule has 0 bridgehead atoms. The number of nitrogens with one attached hydrogen (secondary N) is 5. The zero-order valence-electron chi connectivity index (χ0n) is 53.6. The lowest BCUT2D eigenvalue weighted by atomic mass is 10.1. The fourth-order valence-electron chi connectivity index (χ4n) is 9.15. The number of allylic oxidation sites excluding steroid dienone is 1. The van der Waals surface area contributed by atoms with Gasteiger partial charge in [0.1, 0.15) is 21.9 Å². The number of hydrogen-bond donors (Lipinski definition) is 6. The van der Waals surface area contributed by atoms with Crippen molar-refractivity contribution < 1.29 is 0 Å². The Morgan fingerprint density at radius 3 is 2.35 bits per heavy atom. The van der Waals surface area contributed by atoms with E-state index in [9.17, 15) is 5.26 Å². The molecular weight excluding hydrogens is 1190 g/mol. The number of hydrogen-bond acceptors (Lipinski definition) is 22. The predicted octanol–water partition coefficient (Wildman–Crippen LogP) is 9.91. The molecule has 9 aromatic heterocycles. The summed E-state index contributed by atoms with van der Waals surface area (Å²) in [4.78, 5) is 34.7. The highest BCUT2D eigenvalue weighted by molar-refractivity contribution is 7.10. The van der Waals surface area contributed by atoms with Gasteiger partial charge in [0, 0.05) is 137 Å². The Bertz CT molecular complexity index is 4090. The standard InChI is InChI=1S/C23H37N9S.C20H15N9.C17H21N7S.C3H9N/c1-7-12-31(8-2)32-16-20(14-26-32)19(4)30(6)17-21(10-9-11-24)27-22(15-25-5)28-23-13-18(3)29-33-23;1-27-11-14(9-24-27)18-10-23-20-19(26-16(8-21)12-29(18)20)25-15-2-4-17(5-3-15)28-7-6-22-13-28;1-4-11(2)13-7-15(25-22-13)21-16-17-19-9-14(24(17)6-5-18-16)12-8-20-23(3)10-12;1-3-4-2/h13-17H,4,7-12,24H2,1-3,5-6H3,(H,27,28);2-7,9-13H,1H3,(H,25,26);5-7,9-11,20H,4,8H2,1-3H3,(H,18,21);4H,3H2,1-2H3/b21-17-,25-15?;;;. The number of benzene rings is 1. The highest BCUT2D eigenvalue weighted by atomic mass is 32.1. The molecule has 7 N–H and O–H groups in total. The summed E-state index contributed by atoms with van der Waals surface area (Å²) >= 11 is 2.82. The van der Waals surface area contributed by atoms with Crippen LogP contribution in [0.4, 0.5) is 27.3 Å². The minimum Gasteiger partial charge on any atom is -0.349 e. The van der Waals surface area contributed by atoms with Crippen LogP contribution in [0.2, 0.25) is 0 Å². The number of anilines is 4. The molecule has 91 heavy (non-hydrogen) atoms. The molecule has 0 radical (unpaired) electrons. The van der Waals surface area contributed by atoms with E-state index >= 15 is 0 Å². The number of hydrazine groups is 1. The number of fused-ring (bicyclic) bond motifs is 2. The van der Waals surface area contributed by atoms with Crippen molar-refractivity contribution in [2.75, 3.05) is 76.6 Å². The van der Waals surface area contributed by atoms with Crippen molar-refractivity contribution in [1.29, 1.82) is 5.26 Å². The molecule has 1 unspecified atom stereocenters. The summed E-state index contributed by atoms with van der Waals surface area (Å²) in [5.41, 5.74) is 21.5. The number of aromatic nitrogens is 14. The van der Waals surface area contributed by atoms with E-state index in [1.165, 1.54) is 28.6 Å². The highest BCUT2D eigenvalue weighted by Crippen LogP contribution is 2.30. The first-order chi connectivity index (χ1) is 44.2. The first-order valence-electron chi connectivity index (χ1n) is 30.0. The van der Waals surface area contributed by atoms with E-state index < -0.39 is 0 Å². The first kappa shape index (κ1) is 67.0. The van der Waals surface area contributed by atoms with Crippen LogP contribution in [0.15, 0.2) is 146 Å². The maximum absolute atomic E-state index is 9.43. The van der Waals surface area contributed by atoms with Gasteiger partial charge in [-0.15, -0.1) is 0 Å². The largest absolute Gasteiger partial charge is 0.349 e. The molecule has 476 valence electrons. The van der Waals surface area contributed by atoms with E-state index in [-0.39, 0.29) is 5.69 Å². The number of amidine groups is 1. The number of nitrogens with two attached hydrogens (primary N) is 1. The lowest BCUT2D eigenvalue weighted by Crippen LogP contribution is -2.35. The van der Waals surface area contributed by atoms with Gasteiger partial charge < -0.3 is 41.5 Å². The summed E-state index contributed by atoms with van der Waals surface area (Å²) in [6, 6.07) is 14.0. The third-order valence-corrected chi connectivity index (χ3v) is 15.8. The Balaban J connectivity index is 0.000000172. The summed E-state index contributed by atoms with van der Waals surface area (Å²) in [6.45, 7) is 21.3. The summed E-state index contributed by atoms with van der Waals surface area (Å²) in [7, 11) is 9.48. The van der Waals surface area contributed by atoms with Crippen LogP contribution < -0.4 is 37.4 Å². The van der Waals surface area contributed by atoms with Gasteiger partial charge in [-0.3, -0.25) is 23.5 Å². The van der Waals surface area contributed by atoms with Crippen LogP contribution in [0.25, 0.3) is 39.5 Å². The Morgan fingerprint density at radius 2 is 1.71 bits per heavy atom. The van der Waals surface area contributed by atoms with Crippen LogP contribution in [0.3, 0.4) is 0 Å². The number of nitriles is 1. The monoisotopic (exact) mass is 1270 g/mol. The molecule has 1 aliphatic heterocycles. The minimum atomic E-state index is 0.290. The average Bonchev–Trinajstić information content (AvgIpc) is 1.74. The smallest absolute Gasteiger partial charge is 0.181 e. The van der Waals surface area contributed by atoms with Crippen molar-refractivity contribution in [3.05, 3.63) is 164 Å². The lowest BCUT2D eigenvalue weighted by molar-refractivity contribution is 0.374. The predicted molar refractivity (Wildman–Crippen MR) is 368 cm³/mol. The van der Waals surface area contributed by atoms with Gasteiger partial charge in [-0.1, -0.05) is 34.3 Å². The first-order valence-corrected chi connectivity index (χ1v) is 31.6. The van der Waals surface area contributed by atoms with Crippen molar-refractivity contribution in [1.82, 2.24) is 92.7 Å². The summed E-state index contributed by atoms with van der Waals surface area (Å²) in [5, 5.41) is 37.1. The molecular formula is C63H82N26S2. The third-order valence-electron chi connectivity index (χ3n) is 14.3. The molecule has 10 heterocycles. The van der Waals surface area contributed by atoms with Crippen LogP contribution in [-0.4, -0.2) is 150 Å². The van der Waals surface area contributed by atoms with Gasteiger partial charge in [-0.25, -0.2) is 35.3 Å². The molecule has 1 atom stereocenters. The second-order valence-electron chi connectivity index (χ2n) is 21.1. The highest BCUT2D eigenvalue weighted by Gasteiger charge is 2.19. The second kappa shape index (κ2) is 33.1. The van der Waals surface area contributed by atoms with Crippen LogP contribution in [-0.2, 0) is 7.05 Å². The molecule has 0 spiro atoms. The van der Waals surface area contributed by atoms with Gasteiger partial charge in [0.15, 0.2) is 28.6 Å². The summed E-state index contributed by atoms with van der Waals surface area (Å²) in [6.07, 6.45) is 31.5. The third kappa shape index (κ3) is 17.9. The number of imidazole rings is 3. The number of nitrogens with zero attached hydrogens (tertiary/aromatic N) is 20. The van der Waals surface area contributed by atoms with Crippen molar-refractivity contribution in [2.45, 2.75) is 73.1 Å². The topological polar surface area (TPSA) is 284 Å². The normalized spacial score (nSPS) is 12.6. The molecule has 1 aromatic carbocycles. The van der Waals surface area contributed by atoms with Crippen molar-refractivity contribution in [2.24, 2.45) is 22.8 Å². The fourth-order valence-corrected chi connectivity index (χ4v) is 10.6. The molecule has 0 amide bonds. The molecule has 0 fully saturated rings. The van der Waals surface area contributed by atoms with E-state index in [0.29, 0.717) is 29.8 Å². The zero-order valence-corrected chi connectivity index (χ0v) is 55.2. The molecule has 28 heteroatoms. The van der Waals surface area contributed by atoms with Crippen molar-refractivity contribution in [3.8, 4) is 23.0 Å². The molecule has 0 aliphatic carbocycles. The SMILES string of the molecule is C=C(c1cnn(N(CC)CCC)c1)N(C)/C=C(/CCCN)N/C(C=NC)=N/c1cc(C)ns1.CCC(C)c1cc(Nc2nccn3c(C4=CN(C)NC4)cnc23)sn1.CCNC.Cn1cc(-c2cnc3c(Nc4ccc(-n5ccnc5)cc4)nc(C#N)cn23)cn1. The van der Waals surface area contributed by atoms with Gasteiger partial charge in [-0.2, -0.15) is 29.0 Å². The van der Waals surface area contributed by atoms with Crippen LogP contribution in [0.1, 0.15) is 94.6 Å². The van der Waals surface area contributed by atoms with Crippen LogP contribution in [0, 0.1) is 18.3 Å². The van der Waals surface area contributed by atoms with Gasteiger partial charge >= 0.3 is 0 Å². The van der Waals surface area contributed by atoms with Crippen LogP contribution in [0.5, 0.6) is 0 Å². The molecule has 10 aromatic rings. The maximum atomic E-state index is 9.43. The van der Waals surface area contributed by atoms with Gasteiger partial charge in [-0.05, 0) is 125 Å². The number of aliphatic imine (C=N–C) groups is 2. The Kier molecular flexibility index (Phi) is 24.3. The minimum absolute atomic E-state index is 0.290. The number of rotatable bonds is 23. The quantitative estimate of drug-likeness (QED) is 0.0256. The summed E-state index contributed by atoms with van der Waals surface area (Å²) < 4.78 is 16.4. The lowest BCUT2D eigenvalue weighted by Gasteiger charge is -2.22. The van der Waals surface area contributed by atoms with E-state index in [1.54, 1.807) is 55.3 Å². The Labute approximate surface area is 539 Å².